The third-order valence-electron chi connectivity index (χ3n) is 2.72. The molecule has 0 bridgehead atoms. The molecule has 0 amide bonds. The zero-order valence-corrected chi connectivity index (χ0v) is 11.9. The second-order valence-corrected chi connectivity index (χ2v) is 5.21. The fraction of sp³-hybridized carbons (Fsp3) is 0.308. The predicted octanol–water partition coefficient (Wildman–Crippen LogP) is 2.45. The Morgan fingerprint density at radius 2 is 1.94 bits per heavy atom. The summed E-state index contributed by atoms with van der Waals surface area (Å²) in [7, 11) is 0. The van der Waals surface area contributed by atoms with Gasteiger partial charge in [-0.05, 0) is 30.2 Å². The summed E-state index contributed by atoms with van der Waals surface area (Å²) >= 11 is 3.40. The van der Waals surface area contributed by atoms with Crippen molar-refractivity contribution >= 4 is 21.6 Å². The number of hydrogen-bond acceptors (Lipinski definition) is 2. The minimum Gasteiger partial charge on any atom is -0.399 e. The van der Waals surface area contributed by atoms with Gasteiger partial charge in [0.15, 0.2) is 0 Å². The average Bonchev–Trinajstić information content (AvgIpc) is 2.61. The predicted molar refractivity (Wildman–Crippen MR) is 76.6 cm³/mol. The number of aromatic nitrogens is 2. The first-order chi connectivity index (χ1) is 8.60. The zero-order chi connectivity index (χ0) is 13.1. The van der Waals surface area contributed by atoms with Gasteiger partial charge in [-0.25, -0.2) is 4.79 Å². The Morgan fingerprint density at radius 1 is 1.22 bits per heavy atom. The molecule has 0 saturated heterocycles. The van der Waals surface area contributed by atoms with Crippen LogP contribution in [0.1, 0.15) is 18.9 Å². The van der Waals surface area contributed by atoms with Crippen LogP contribution < -0.4 is 11.4 Å². The van der Waals surface area contributed by atoms with E-state index in [0.29, 0.717) is 12.2 Å². The van der Waals surface area contributed by atoms with Gasteiger partial charge < -0.3 is 5.73 Å². The van der Waals surface area contributed by atoms with Gasteiger partial charge in [-0.1, -0.05) is 22.9 Å². The highest BCUT2D eigenvalue weighted by atomic mass is 79.9. The Morgan fingerprint density at radius 3 is 2.61 bits per heavy atom. The summed E-state index contributed by atoms with van der Waals surface area (Å²) < 4.78 is 4.34. The van der Waals surface area contributed by atoms with Crippen molar-refractivity contribution < 1.29 is 0 Å². The molecule has 1 aromatic heterocycles. The molecule has 0 radical (unpaired) electrons. The molecule has 1 heterocycles. The molecule has 2 rings (SSSR count). The number of nitrogens with two attached hydrogens (primary N) is 1. The summed E-state index contributed by atoms with van der Waals surface area (Å²) in [5, 5.41) is 0. The van der Waals surface area contributed by atoms with Crippen LogP contribution in [0.4, 0.5) is 5.69 Å². The number of rotatable bonds is 4. The topological polar surface area (TPSA) is 52.9 Å². The molecule has 2 aromatic rings. The van der Waals surface area contributed by atoms with Crippen molar-refractivity contribution in [2.45, 2.75) is 26.4 Å². The number of nitrogens with zero attached hydrogens (tertiary/aromatic N) is 2. The van der Waals surface area contributed by atoms with Gasteiger partial charge in [-0.2, -0.15) is 0 Å². The van der Waals surface area contributed by atoms with Crippen LogP contribution in [-0.2, 0) is 13.1 Å². The molecule has 0 aliphatic heterocycles. The molecule has 0 saturated carbocycles. The highest BCUT2D eigenvalue weighted by Gasteiger charge is 2.04. The first kappa shape index (κ1) is 13.0. The van der Waals surface area contributed by atoms with E-state index in [-0.39, 0.29) is 5.69 Å². The van der Waals surface area contributed by atoms with E-state index in [1.165, 1.54) is 0 Å². The molecule has 18 heavy (non-hydrogen) atoms. The van der Waals surface area contributed by atoms with E-state index in [9.17, 15) is 4.79 Å². The molecule has 0 aliphatic carbocycles. The summed E-state index contributed by atoms with van der Waals surface area (Å²) in [6.07, 6.45) is 4.59. The number of hydrogen-bond donors (Lipinski definition) is 1. The average molecular weight is 310 g/mol. The molecule has 5 heteroatoms. The van der Waals surface area contributed by atoms with Crippen LogP contribution in [0.15, 0.2) is 39.9 Å². The molecule has 1 aromatic carbocycles. The van der Waals surface area contributed by atoms with Gasteiger partial charge in [0, 0.05) is 29.1 Å². The molecule has 2 N–H and O–H groups in total. The fourth-order valence-electron chi connectivity index (χ4n) is 1.95. The second kappa shape index (κ2) is 5.44. The molecular weight excluding hydrogens is 294 g/mol. The van der Waals surface area contributed by atoms with Crippen molar-refractivity contribution in [1.82, 2.24) is 9.13 Å². The van der Waals surface area contributed by atoms with Crippen LogP contribution in [0.5, 0.6) is 0 Å². The van der Waals surface area contributed by atoms with E-state index in [1.54, 1.807) is 9.13 Å². The van der Waals surface area contributed by atoms with Crippen molar-refractivity contribution in [2.75, 3.05) is 5.73 Å². The SMILES string of the molecule is CCCn1ccn(Cc2cc(N)cc(Br)c2)c1=O. The summed E-state index contributed by atoms with van der Waals surface area (Å²) in [5.41, 5.74) is 7.51. The van der Waals surface area contributed by atoms with Gasteiger partial charge in [0.1, 0.15) is 0 Å². The fourth-order valence-corrected chi connectivity index (χ4v) is 2.51. The summed E-state index contributed by atoms with van der Waals surface area (Å²) in [6, 6.07) is 5.70. The van der Waals surface area contributed by atoms with E-state index in [2.05, 4.69) is 22.9 Å². The minimum atomic E-state index is 0.0235. The van der Waals surface area contributed by atoms with Crippen molar-refractivity contribution in [2.24, 2.45) is 0 Å². The number of aryl methyl sites for hydroxylation is 1. The minimum absolute atomic E-state index is 0.0235. The largest absolute Gasteiger partial charge is 0.399 e. The van der Waals surface area contributed by atoms with Crippen molar-refractivity contribution in [3.63, 3.8) is 0 Å². The third-order valence-corrected chi connectivity index (χ3v) is 3.17. The van der Waals surface area contributed by atoms with Gasteiger partial charge in [-0.3, -0.25) is 9.13 Å². The van der Waals surface area contributed by atoms with Crippen LogP contribution in [-0.4, -0.2) is 9.13 Å². The van der Waals surface area contributed by atoms with Gasteiger partial charge in [-0.15, -0.1) is 0 Å². The Kier molecular flexibility index (Phi) is 3.91. The molecule has 0 fully saturated rings. The maximum Gasteiger partial charge on any atom is 0.328 e. The Hall–Kier alpha value is -1.49. The maximum absolute atomic E-state index is 12.0. The molecule has 0 spiro atoms. The molecule has 0 unspecified atom stereocenters. The third kappa shape index (κ3) is 2.85. The van der Waals surface area contributed by atoms with Gasteiger partial charge in [0.05, 0.1) is 6.54 Å². The van der Waals surface area contributed by atoms with Crippen LogP contribution >= 0.6 is 15.9 Å². The van der Waals surface area contributed by atoms with Crippen LogP contribution in [0.3, 0.4) is 0 Å². The lowest BCUT2D eigenvalue weighted by Crippen LogP contribution is -2.24. The molecular formula is C13H16BrN3O. The van der Waals surface area contributed by atoms with E-state index < -0.39 is 0 Å². The summed E-state index contributed by atoms with van der Waals surface area (Å²) in [4.78, 5) is 12.0. The number of nitrogen functional groups attached to an aromatic ring is 1. The summed E-state index contributed by atoms with van der Waals surface area (Å²) in [5.74, 6) is 0. The quantitative estimate of drug-likeness (QED) is 0.882. The second-order valence-electron chi connectivity index (χ2n) is 4.29. The Labute approximate surface area is 114 Å². The maximum atomic E-state index is 12.0. The van der Waals surface area contributed by atoms with Crippen molar-refractivity contribution in [3.05, 3.63) is 51.1 Å². The lowest BCUT2D eigenvalue weighted by molar-refractivity contribution is 0.624. The molecule has 0 aliphatic rings. The lowest BCUT2D eigenvalue weighted by atomic mass is 10.2. The Bertz CT molecular complexity index is 580. The smallest absolute Gasteiger partial charge is 0.328 e. The monoisotopic (exact) mass is 309 g/mol. The van der Waals surface area contributed by atoms with E-state index in [4.69, 9.17) is 5.73 Å². The first-order valence-electron chi connectivity index (χ1n) is 5.90. The summed E-state index contributed by atoms with van der Waals surface area (Å²) in [6.45, 7) is 3.35. The van der Waals surface area contributed by atoms with Crippen LogP contribution in [0, 0.1) is 0 Å². The van der Waals surface area contributed by atoms with Crippen LogP contribution in [0.25, 0.3) is 0 Å². The zero-order valence-electron chi connectivity index (χ0n) is 10.3. The standard InChI is InChI=1S/C13H16BrN3O/c1-2-3-16-4-5-17(13(16)18)9-10-6-11(14)8-12(15)7-10/h4-8H,2-3,9,15H2,1H3. The Balaban J connectivity index is 2.26. The van der Waals surface area contributed by atoms with Crippen molar-refractivity contribution in [1.29, 1.82) is 0 Å². The molecule has 0 atom stereocenters. The van der Waals surface area contributed by atoms with E-state index >= 15 is 0 Å². The normalized spacial score (nSPS) is 10.8. The van der Waals surface area contributed by atoms with Crippen LogP contribution in [0.2, 0.25) is 0 Å². The number of halogens is 1. The first-order valence-corrected chi connectivity index (χ1v) is 6.70. The van der Waals surface area contributed by atoms with Gasteiger partial charge in [0.2, 0.25) is 0 Å². The lowest BCUT2D eigenvalue weighted by Gasteiger charge is -2.04. The highest BCUT2D eigenvalue weighted by molar-refractivity contribution is 9.10. The number of benzene rings is 1. The highest BCUT2D eigenvalue weighted by Crippen LogP contribution is 2.17. The van der Waals surface area contributed by atoms with E-state index in [1.807, 2.05) is 30.6 Å². The van der Waals surface area contributed by atoms with Gasteiger partial charge >= 0.3 is 5.69 Å². The number of anilines is 1. The van der Waals surface area contributed by atoms with Gasteiger partial charge in [0.25, 0.3) is 0 Å². The number of imidazole rings is 1. The van der Waals surface area contributed by atoms with Crippen molar-refractivity contribution in [3.8, 4) is 0 Å². The van der Waals surface area contributed by atoms with E-state index in [0.717, 1.165) is 23.0 Å². The molecule has 4 nitrogen and oxygen atoms in total. The molecule has 96 valence electrons.